The van der Waals surface area contributed by atoms with Crippen LogP contribution in [0.15, 0.2) is 42.5 Å². The summed E-state index contributed by atoms with van der Waals surface area (Å²) in [6, 6.07) is 8.65. The summed E-state index contributed by atoms with van der Waals surface area (Å²) in [7, 11) is 0. The fourth-order valence-corrected chi connectivity index (χ4v) is 11.6. The second kappa shape index (κ2) is 10.6. The SMILES string of the molecule is C=C(C)[C@@]12C[C@@H](C)[C@@]34OC5(O[C@@H]1[C@@H]3[C@@H]1O[C@]1(CO)[C@@H](O)[C@@]1(O)[C@H]4[C@H]([C@H](C)[C@@H]1OC(=O)c1ccccc1)[C@@H](C)CCCCCC[C@H]5O)O2. The van der Waals surface area contributed by atoms with E-state index in [1.807, 2.05) is 19.9 Å². The van der Waals surface area contributed by atoms with Gasteiger partial charge in [0.2, 0.25) is 0 Å². The number of ether oxygens (including phenoxy) is 5. The van der Waals surface area contributed by atoms with E-state index in [-0.39, 0.29) is 17.8 Å². The molecule has 8 rings (SSSR count). The fraction of sp³-hybridized carbons (Fsp3) is 0.757. The molecule has 7 fully saturated rings. The van der Waals surface area contributed by atoms with Gasteiger partial charge in [-0.25, -0.2) is 4.79 Å². The van der Waals surface area contributed by atoms with Crippen molar-refractivity contribution in [2.75, 3.05) is 6.61 Å². The molecule has 4 N–H and O–H groups in total. The molecule has 4 heterocycles. The number of esters is 1. The number of benzene rings is 1. The van der Waals surface area contributed by atoms with E-state index >= 15 is 0 Å². The maximum Gasteiger partial charge on any atom is 0.338 e. The Morgan fingerprint density at radius 1 is 1.00 bits per heavy atom. The predicted octanol–water partition coefficient (Wildman–Crippen LogP) is 3.49. The minimum atomic E-state index is -2.09. The van der Waals surface area contributed by atoms with Crippen molar-refractivity contribution >= 4 is 5.97 Å². The van der Waals surface area contributed by atoms with Crippen molar-refractivity contribution < 1.29 is 48.9 Å². The first-order valence-electron chi connectivity index (χ1n) is 17.7. The van der Waals surface area contributed by atoms with Gasteiger partial charge in [0.05, 0.1) is 17.8 Å². The molecule has 3 aliphatic carbocycles. The van der Waals surface area contributed by atoms with Crippen LogP contribution in [0.25, 0.3) is 0 Å². The largest absolute Gasteiger partial charge is 0.455 e. The summed E-state index contributed by atoms with van der Waals surface area (Å²) >= 11 is 0. The van der Waals surface area contributed by atoms with Gasteiger partial charge in [-0.1, -0.05) is 77.7 Å². The third-order valence-electron chi connectivity index (χ3n) is 13.7. The van der Waals surface area contributed by atoms with Crippen LogP contribution in [0.5, 0.6) is 0 Å². The lowest BCUT2D eigenvalue weighted by atomic mass is 9.51. The molecule has 47 heavy (non-hydrogen) atoms. The summed E-state index contributed by atoms with van der Waals surface area (Å²) in [5, 5.41) is 48.9. The maximum atomic E-state index is 13.8. The van der Waals surface area contributed by atoms with Crippen LogP contribution in [0.3, 0.4) is 0 Å². The van der Waals surface area contributed by atoms with Gasteiger partial charge in [-0.2, -0.15) is 0 Å². The highest BCUT2D eigenvalue weighted by Crippen LogP contribution is 2.75. The normalized spacial score (nSPS) is 54.3. The number of rotatable bonds is 4. The Bertz CT molecular complexity index is 1440. The summed E-state index contributed by atoms with van der Waals surface area (Å²) < 4.78 is 33.7. The molecule has 10 nitrogen and oxygen atoms in total. The quantitative estimate of drug-likeness (QED) is 0.216. The molecule has 10 heteroatoms. The molecule has 0 radical (unpaired) electrons. The van der Waals surface area contributed by atoms with Crippen molar-refractivity contribution in [3.8, 4) is 0 Å². The first-order valence-corrected chi connectivity index (χ1v) is 17.7. The van der Waals surface area contributed by atoms with Crippen LogP contribution < -0.4 is 0 Å². The van der Waals surface area contributed by atoms with Crippen molar-refractivity contribution in [3.63, 3.8) is 0 Å². The van der Waals surface area contributed by atoms with Gasteiger partial charge >= 0.3 is 11.9 Å². The Balaban J connectivity index is 1.37. The number of hydrogen-bond donors (Lipinski definition) is 4. The minimum Gasteiger partial charge on any atom is -0.455 e. The molecule has 4 saturated heterocycles. The smallest absolute Gasteiger partial charge is 0.338 e. The highest BCUT2D eigenvalue weighted by molar-refractivity contribution is 5.89. The van der Waals surface area contributed by atoms with E-state index in [4.69, 9.17) is 23.7 Å². The third kappa shape index (κ3) is 3.93. The Morgan fingerprint density at radius 3 is 2.38 bits per heavy atom. The molecular weight excluding hydrogens is 604 g/mol. The van der Waals surface area contributed by atoms with Crippen molar-refractivity contribution in [2.24, 2.45) is 35.5 Å². The lowest BCUT2D eigenvalue weighted by molar-refractivity contribution is -0.458. The van der Waals surface area contributed by atoms with Crippen LogP contribution in [0.4, 0.5) is 0 Å². The van der Waals surface area contributed by atoms with Crippen LogP contribution >= 0.6 is 0 Å². The molecule has 258 valence electrons. The van der Waals surface area contributed by atoms with Gasteiger partial charge < -0.3 is 44.1 Å². The molecule has 0 aromatic heterocycles. The second-order valence-corrected chi connectivity index (χ2v) is 16.0. The molecule has 1 aromatic rings. The standard InChI is InChI=1S/C37H50O10/c1-19(2)33-17-21(4)36-26-29(33)45-37(46-33,47-36)24(39)16-12-7-6-9-13-20(3)25-22(5)28(43-31(40)23-14-10-8-11-15-23)35(42,27(25)36)32(41)34(18-38)30(26)44-34/h8,10-11,14-15,20-22,24-30,32,38-39,41-42H,1,6-7,9,12-13,16-18H2,2-5H3/t20-,21+,22-,24+,25-,26+,27+,28-,29+,30-,32+,33-,34-,35+,36+,37?/m0/s1. The number of aliphatic hydroxyl groups is 4. The van der Waals surface area contributed by atoms with Crippen LogP contribution in [-0.4, -0.2) is 91.9 Å². The molecule has 3 saturated carbocycles. The van der Waals surface area contributed by atoms with Crippen molar-refractivity contribution in [1.82, 2.24) is 0 Å². The summed E-state index contributed by atoms with van der Waals surface area (Å²) in [6.45, 7) is 11.9. The van der Waals surface area contributed by atoms with Gasteiger partial charge in [-0.05, 0) is 61.1 Å². The zero-order valence-corrected chi connectivity index (χ0v) is 27.8. The van der Waals surface area contributed by atoms with E-state index in [0.29, 0.717) is 18.4 Å². The van der Waals surface area contributed by atoms with Crippen LogP contribution in [0.2, 0.25) is 0 Å². The van der Waals surface area contributed by atoms with E-state index in [2.05, 4.69) is 20.4 Å². The monoisotopic (exact) mass is 654 g/mol. The Hall–Kier alpha value is -1.89. The topological polar surface area (TPSA) is 147 Å². The summed E-state index contributed by atoms with van der Waals surface area (Å²) in [5.41, 5.74) is -4.83. The van der Waals surface area contributed by atoms with Gasteiger partial charge in [-0.3, -0.25) is 0 Å². The first kappa shape index (κ1) is 32.3. The van der Waals surface area contributed by atoms with Gasteiger partial charge in [0, 0.05) is 11.8 Å². The fourth-order valence-electron chi connectivity index (χ4n) is 11.6. The average Bonchev–Trinajstić information content (AvgIpc) is 3.69. The molecule has 16 atom stereocenters. The van der Waals surface area contributed by atoms with E-state index in [0.717, 1.165) is 37.7 Å². The average molecular weight is 655 g/mol. The first-order chi connectivity index (χ1) is 22.3. The summed E-state index contributed by atoms with van der Waals surface area (Å²) in [4.78, 5) is 13.8. The number of carbonyl (C=O) groups excluding carboxylic acids is 1. The number of aliphatic hydroxyl groups excluding tert-OH is 3. The molecule has 2 spiro atoms. The lowest BCUT2D eigenvalue weighted by Crippen LogP contribution is -2.74. The zero-order valence-electron chi connectivity index (χ0n) is 27.8. The highest BCUT2D eigenvalue weighted by atomic mass is 16.9. The molecular formula is C37H50O10. The Morgan fingerprint density at radius 2 is 1.70 bits per heavy atom. The van der Waals surface area contributed by atoms with Crippen LogP contribution in [0.1, 0.15) is 83.0 Å². The number of fused-ring (bicyclic) bond motifs is 1. The van der Waals surface area contributed by atoms with E-state index in [9.17, 15) is 25.2 Å². The number of carbonyl (C=O) groups is 1. The summed E-state index contributed by atoms with van der Waals surface area (Å²) in [6.07, 6.45) is 0.0237. The van der Waals surface area contributed by atoms with Gasteiger partial charge in [0.1, 0.15) is 47.3 Å². The molecule has 3 bridgehead atoms. The van der Waals surface area contributed by atoms with Crippen LogP contribution in [0, 0.1) is 35.5 Å². The van der Waals surface area contributed by atoms with Gasteiger partial charge in [0.25, 0.3) is 0 Å². The predicted molar refractivity (Wildman–Crippen MR) is 168 cm³/mol. The second-order valence-electron chi connectivity index (χ2n) is 16.0. The van der Waals surface area contributed by atoms with Crippen LogP contribution in [-0.2, 0) is 23.7 Å². The molecule has 4 aliphatic heterocycles. The third-order valence-corrected chi connectivity index (χ3v) is 13.7. The molecule has 0 amide bonds. The van der Waals surface area contributed by atoms with Crippen molar-refractivity contribution in [3.05, 3.63) is 48.0 Å². The molecule has 7 aliphatic rings. The maximum absolute atomic E-state index is 13.8. The molecule has 1 unspecified atom stereocenters. The highest BCUT2D eigenvalue weighted by Gasteiger charge is 2.90. The molecule has 1 aromatic carbocycles. The summed E-state index contributed by atoms with van der Waals surface area (Å²) in [5.74, 6) is -4.73. The number of hydrogen-bond acceptors (Lipinski definition) is 10. The minimum absolute atomic E-state index is 0.0521. The zero-order chi connectivity index (χ0) is 33.3. The van der Waals surface area contributed by atoms with E-state index in [1.165, 1.54) is 0 Å². The van der Waals surface area contributed by atoms with Crippen molar-refractivity contribution in [2.45, 2.75) is 132 Å². The lowest BCUT2D eigenvalue weighted by Gasteiger charge is -2.62. The Labute approximate surface area is 276 Å². The van der Waals surface area contributed by atoms with Gasteiger partial charge in [0.15, 0.2) is 0 Å². The van der Waals surface area contributed by atoms with Crippen molar-refractivity contribution in [1.29, 1.82) is 0 Å². The van der Waals surface area contributed by atoms with Gasteiger partial charge in [-0.15, -0.1) is 0 Å². The number of epoxide rings is 1. The van der Waals surface area contributed by atoms with E-state index < -0.39 is 89.2 Å². The Kier molecular flexibility index (Phi) is 7.26. The van der Waals surface area contributed by atoms with E-state index in [1.54, 1.807) is 24.3 Å².